The first-order chi connectivity index (χ1) is 8.34. The lowest BCUT2D eigenvalue weighted by Crippen LogP contribution is -3.00. The molecule has 0 bridgehead atoms. The van der Waals surface area contributed by atoms with E-state index in [4.69, 9.17) is 0 Å². The van der Waals surface area contributed by atoms with Crippen molar-refractivity contribution in [2.24, 2.45) is 0 Å². The quantitative estimate of drug-likeness (QED) is 0.555. The highest BCUT2D eigenvalue weighted by Crippen LogP contribution is 2.18. The van der Waals surface area contributed by atoms with E-state index in [0.29, 0.717) is 0 Å². The molecule has 3 aromatic rings. The second-order valence-electron chi connectivity index (χ2n) is 3.83. The SMILES string of the molecule is Brc1c(C[n+]2ccccc2)nc2ccccn12.[Br-]. The van der Waals surface area contributed by atoms with Crippen LogP contribution < -0.4 is 21.5 Å². The van der Waals surface area contributed by atoms with E-state index in [2.05, 4.69) is 25.5 Å². The molecule has 18 heavy (non-hydrogen) atoms. The topological polar surface area (TPSA) is 21.2 Å². The van der Waals surface area contributed by atoms with Gasteiger partial charge in [-0.3, -0.25) is 4.40 Å². The molecule has 0 aromatic carbocycles. The van der Waals surface area contributed by atoms with Gasteiger partial charge in [0, 0.05) is 18.3 Å². The van der Waals surface area contributed by atoms with E-state index in [1.165, 1.54) is 0 Å². The fourth-order valence-corrected chi connectivity index (χ4v) is 2.34. The van der Waals surface area contributed by atoms with Gasteiger partial charge in [-0.05, 0) is 28.1 Å². The van der Waals surface area contributed by atoms with Gasteiger partial charge in [0.15, 0.2) is 18.9 Å². The van der Waals surface area contributed by atoms with E-state index >= 15 is 0 Å². The number of fused-ring (bicyclic) bond motifs is 1. The molecule has 0 aliphatic heterocycles. The third-order valence-electron chi connectivity index (χ3n) is 2.65. The van der Waals surface area contributed by atoms with Crippen molar-refractivity contribution in [2.45, 2.75) is 6.54 Å². The number of imidazole rings is 1. The Balaban J connectivity index is 0.00000120. The fourth-order valence-electron chi connectivity index (χ4n) is 1.83. The summed E-state index contributed by atoms with van der Waals surface area (Å²) in [6.45, 7) is 0.767. The van der Waals surface area contributed by atoms with Crippen molar-refractivity contribution in [3.8, 4) is 0 Å². The Morgan fingerprint density at radius 3 is 2.61 bits per heavy atom. The van der Waals surface area contributed by atoms with Crippen LogP contribution in [0.15, 0.2) is 59.6 Å². The van der Waals surface area contributed by atoms with E-state index in [0.717, 1.165) is 22.5 Å². The number of hydrogen-bond donors (Lipinski definition) is 0. The molecule has 0 atom stereocenters. The number of aromatic nitrogens is 3. The molecule has 0 N–H and O–H groups in total. The molecule has 0 fully saturated rings. The average molecular weight is 369 g/mol. The minimum Gasteiger partial charge on any atom is -1.00 e. The van der Waals surface area contributed by atoms with Crippen molar-refractivity contribution >= 4 is 21.6 Å². The smallest absolute Gasteiger partial charge is 0.193 e. The molecule has 0 unspecified atom stereocenters. The standard InChI is InChI=1S/C13H11BrN3.BrH/c14-13-11(10-16-7-3-1-4-8-16)15-12-6-2-5-9-17(12)13;/h1-9H,10H2;1H/q+1;/p-1. The first kappa shape index (κ1) is 13.2. The lowest BCUT2D eigenvalue weighted by Gasteiger charge is -1.94. The maximum absolute atomic E-state index is 4.60. The predicted octanol–water partition coefficient (Wildman–Crippen LogP) is -0.563. The third-order valence-corrected chi connectivity index (χ3v) is 3.49. The Hall–Kier alpha value is -1.20. The molecule has 3 aromatic heterocycles. The molecule has 3 rings (SSSR count). The summed E-state index contributed by atoms with van der Waals surface area (Å²) < 4.78 is 5.16. The summed E-state index contributed by atoms with van der Waals surface area (Å²) in [6.07, 6.45) is 6.08. The van der Waals surface area contributed by atoms with Crippen LogP contribution in [0.2, 0.25) is 0 Å². The van der Waals surface area contributed by atoms with Crippen molar-refractivity contribution < 1.29 is 21.5 Å². The van der Waals surface area contributed by atoms with Crippen LogP contribution in [-0.2, 0) is 6.54 Å². The van der Waals surface area contributed by atoms with Gasteiger partial charge < -0.3 is 17.0 Å². The van der Waals surface area contributed by atoms with E-state index < -0.39 is 0 Å². The van der Waals surface area contributed by atoms with Crippen molar-refractivity contribution in [1.29, 1.82) is 0 Å². The average Bonchev–Trinajstić information content (AvgIpc) is 2.68. The van der Waals surface area contributed by atoms with Crippen LogP contribution in [0.5, 0.6) is 0 Å². The van der Waals surface area contributed by atoms with Gasteiger partial charge in [0.1, 0.15) is 15.9 Å². The van der Waals surface area contributed by atoms with Gasteiger partial charge in [-0.2, -0.15) is 4.57 Å². The number of nitrogens with zero attached hydrogens (tertiary/aromatic N) is 3. The Bertz CT molecular complexity index is 650. The number of halogens is 2. The van der Waals surface area contributed by atoms with Crippen molar-refractivity contribution in [2.75, 3.05) is 0 Å². The highest BCUT2D eigenvalue weighted by molar-refractivity contribution is 9.10. The zero-order valence-electron chi connectivity index (χ0n) is 9.50. The van der Waals surface area contributed by atoms with Crippen molar-refractivity contribution in [3.05, 3.63) is 65.3 Å². The van der Waals surface area contributed by atoms with Crippen LogP contribution in [0.3, 0.4) is 0 Å². The van der Waals surface area contributed by atoms with Crippen molar-refractivity contribution in [1.82, 2.24) is 9.38 Å². The van der Waals surface area contributed by atoms with Gasteiger partial charge >= 0.3 is 0 Å². The molecule has 0 saturated carbocycles. The summed E-state index contributed by atoms with van der Waals surface area (Å²) in [5, 5.41) is 0. The lowest BCUT2D eigenvalue weighted by atomic mass is 10.4. The third kappa shape index (κ3) is 2.47. The summed E-state index contributed by atoms with van der Waals surface area (Å²) in [4.78, 5) is 4.60. The molecule has 0 amide bonds. The first-order valence-corrected chi connectivity index (χ1v) is 6.19. The molecule has 5 heteroatoms. The van der Waals surface area contributed by atoms with Crippen LogP contribution >= 0.6 is 15.9 Å². The molecule has 0 saturated heterocycles. The fraction of sp³-hybridized carbons (Fsp3) is 0.0769. The van der Waals surface area contributed by atoms with Crippen LogP contribution in [0.1, 0.15) is 5.69 Å². The number of pyridine rings is 2. The Labute approximate surface area is 124 Å². The summed E-state index contributed by atoms with van der Waals surface area (Å²) >= 11 is 3.60. The second-order valence-corrected chi connectivity index (χ2v) is 4.58. The second kappa shape index (κ2) is 5.63. The summed E-state index contributed by atoms with van der Waals surface area (Å²) in [6, 6.07) is 12.0. The van der Waals surface area contributed by atoms with Crippen LogP contribution in [0.25, 0.3) is 5.65 Å². The largest absolute Gasteiger partial charge is 1.00 e. The molecule has 3 heterocycles. The predicted molar refractivity (Wildman–Crippen MR) is 68.6 cm³/mol. The number of rotatable bonds is 2. The monoisotopic (exact) mass is 367 g/mol. The van der Waals surface area contributed by atoms with Gasteiger partial charge in [-0.1, -0.05) is 12.1 Å². The van der Waals surface area contributed by atoms with Gasteiger partial charge in [0.05, 0.1) is 0 Å². The molecule has 3 nitrogen and oxygen atoms in total. The van der Waals surface area contributed by atoms with Gasteiger partial charge in [-0.25, -0.2) is 4.98 Å². The Kier molecular flexibility index (Phi) is 4.14. The van der Waals surface area contributed by atoms with E-state index in [9.17, 15) is 0 Å². The van der Waals surface area contributed by atoms with E-state index in [1.54, 1.807) is 0 Å². The summed E-state index contributed by atoms with van der Waals surface area (Å²) in [5.74, 6) is 0. The van der Waals surface area contributed by atoms with Gasteiger partial charge in [0.2, 0.25) is 0 Å². The van der Waals surface area contributed by atoms with Gasteiger partial charge in [0.25, 0.3) is 0 Å². The summed E-state index contributed by atoms with van der Waals surface area (Å²) in [5.41, 5.74) is 2.00. The van der Waals surface area contributed by atoms with E-state index in [1.807, 2.05) is 59.4 Å². The molecule has 0 aliphatic rings. The number of hydrogen-bond acceptors (Lipinski definition) is 1. The Morgan fingerprint density at radius 2 is 1.89 bits per heavy atom. The first-order valence-electron chi connectivity index (χ1n) is 5.40. The van der Waals surface area contributed by atoms with Crippen molar-refractivity contribution in [3.63, 3.8) is 0 Å². The molecular formula is C13H11Br2N3. The Morgan fingerprint density at radius 1 is 1.11 bits per heavy atom. The lowest BCUT2D eigenvalue weighted by molar-refractivity contribution is -0.688. The van der Waals surface area contributed by atoms with Gasteiger partial charge in [-0.15, -0.1) is 0 Å². The van der Waals surface area contributed by atoms with Crippen LogP contribution in [-0.4, -0.2) is 9.38 Å². The van der Waals surface area contributed by atoms with E-state index in [-0.39, 0.29) is 17.0 Å². The van der Waals surface area contributed by atoms with Crippen LogP contribution in [0, 0.1) is 0 Å². The maximum atomic E-state index is 4.60. The normalized spacial score (nSPS) is 10.3. The van der Waals surface area contributed by atoms with Crippen LogP contribution in [0.4, 0.5) is 0 Å². The maximum Gasteiger partial charge on any atom is 0.193 e. The molecular weight excluding hydrogens is 358 g/mol. The molecule has 92 valence electrons. The highest BCUT2D eigenvalue weighted by atomic mass is 79.9. The zero-order chi connectivity index (χ0) is 11.7. The minimum atomic E-state index is 0. The molecule has 0 aliphatic carbocycles. The highest BCUT2D eigenvalue weighted by Gasteiger charge is 2.12. The molecule has 0 spiro atoms. The minimum absolute atomic E-state index is 0. The molecule has 0 radical (unpaired) electrons. The zero-order valence-corrected chi connectivity index (χ0v) is 12.7. The summed E-state index contributed by atoms with van der Waals surface area (Å²) in [7, 11) is 0.